The summed E-state index contributed by atoms with van der Waals surface area (Å²) in [6.45, 7) is 66.6. The van der Waals surface area contributed by atoms with Gasteiger partial charge in [0, 0.05) is 0 Å². The van der Waals surface area contributed by atoms with Gasteiger partial charge in [0.25, 0.3) is 0 Å². The van der Waals surface area contributed by atoms with Gasteiger partial charge in [0.05, 0.1) is 0 Å². The monoisotopic (exact) mass is 961 g/mol. The van der Waals surface area contributed by atoms with E-state index in [2.05, 4.69) is 279 Å². The second kappa shape index (κ2) is 18.6. The van der Waals surface area contributed by atoms with Crippen molar-refractivity contribution in [2.75, 3.05) is 0 Å². The van der Waals surface area contributed by atoms with Gasteiger partial charge in [-0.25, -0.2) is 0 Å². The predicted octanol–water partition coefficient (Wildman–Crippen LogP) is 21.2. The van der Waals surface area contributed by atoms with Crippen LogP contribution < -0.4 is 0 Å². The Hall–Kier alpha value is -4.68. The zero-order valence-corrected chi connectivity index (χ0v) is 50.9. The molecule has 0 bridgehead atoms. The molecule has 0 heterocycles. The highest BCUT2D eigenvalue weighted by Gasteiger charge is 2.36. The van der Waals surface area contributed by atoms with Crippen molar-refractivity contribution in [2.45, 2.75) is 237 Å². The van der Waals surface area contributed by atoms with Crippen molar-refractivity contribution in [3.63, 3.8) is 0 Å². The van der Waals surface area contributed by atoms with E-state index in [-0.39, 0.29) is 43.3 Å². The Kier molecular flexibility index (Phi) is 14.6. The van der Waals surface area contributed by atoms with Crippen LogP contribution in [0.25, 0.3) is 55.6 Å². The zero-order valence-electron chi connectivity index (χ0n) is 50.9. The van der Waals surface area contributed by atoms with Gasteiger partial charge in [-0.15, -0.1) is 0 Å². The Labute approximate surface area is 442 Å². The van der Waals surface area contributed by atoms with Crippen LogP contribution in [0.4, 0.5) is 0 Å². The maximum absolute atomic E-state index is 4.60. The first-order valence-corrected chi connectivity index (χ1v) is 27.2. The first-order valence-electron chi connectivity index (χ1n) is 27.2. The highest BCUT2D eigenvalue weighted by Crippen LogP contribution is 2.57. The minimum Gasteiger partial charge on any atom is -0.0561 e. The van der Waals surface area contributed by atoms with Crippen molar-refractivity contribution in [3.05, 3.63) is 152 Å². The van der Waals surface area contributed by atoms with Crippen LogP contribution in [0.5, 0.6) is 0 Å². The van der Waals surface area contributed by atoms with Gasteiger partial charge in [-0.1, -0.05) is 239 Å². The number of aryl methyl sites for hydroxylation is 4. The fraction of sp³-hybridized carbons (Fsp3) is 0.500. The molecule has 0 saturated carbocycles. The van der Waals surface area contributed by atoms with Crippen LogP contribution in [0.1, 0.15) is 233 Å². The van der Waals surface area contributed by atoms with Gasteiger partial charge in [0.2, 0.25) is 0 Å². The minimum atomic E-state index is -0.194. The molecule has 0 heteroatoms. The molecule has 6 rings (SSSR count). The van der Waals surface area contributed by atoms with Gasteiger partial charge >= 0.3 is 0 Å². The molecule has 0 unspecified atom stereocenters. The second-order valence-electron chi connectivity index (χ2n) is 30.1. The van der Waals surface area contributed by atoms with Crippen LogP contribution in [0.15, 0.2) is 72.8 Å². The molecule has 0 N–H and O–H groups in total. The number of hydrogen-bond acceptors (Lipinski definition) is 0. The summed E-state index contributed by atoms with van der Waals surface area (Å²) < 4.78 is 0. The van der Waals surface area contributed by atoms with Crippen LogP contribution >= 0.6 is 0 Å². The molecule has 0 amide bonds. The van der Waals surface area contributed by atoms with Crippen LogP contribution in [-0.2, 0) is 43.3 Å². The van der Waals surface area contributed by atoms with Crippen molar-refractivity contribution >= 4 is 0 Å². The summed E-state index contributed by atoms with van der Waals surface area (Å²) in [7, 11) is 0. The lowest BCUT2D eigenvalue weighted by Gasteiger charge is -2.36. The molecule has 0 nitrogen and oxygen atoms in total. The van der Waals surface area contributed by atoms with E-state index in [9.17, 15) is 0 Å². The maximum Gasteiger partial charge on any atom is -0.0000714 e. The standard InChI is InChI=1S/C72H96/c1-43-34-48(58(69(17,18)19)39-54(43)65(5,6)7)50-38-51(49-35-44(2)55(66(8,9)10)40-59(49)70(20,21)22)64(53-37-46(4)57(68(14,15)16)42-61(53)72(26,27)28)62(47-32-30-29-31-33-47)63(50)52-36-45(3)56(67(11,12)13)41-60(52)71(23,24)25/h30-37,39-42H,1-28H3. The molecule has 384 valence electrons. The molecule has 72 heavy (non-hydrogen) atoms. The van der Waals surface area contributed by atoms with Gasteiger partial charge in [-0.3, -0.25) is 0 Å². The first-order chi connectivity index (χ1) is 32.5. The number of benzene rings is 6. The molecule has 0 atom stereocenters. The molecule has 0 aliphatic carbocycles. The Bertz CT molecular complexity index is 2820. The summed E-state index contributed by atoms with van der Waals surface area (Å²) in [5.41, 5.74) is 27.6. The number of hydrogen-bond donors (Lipinski definition) is 0. The van der Waals surface area contributed by atoms with E-state index in [4.69, 9.17) is 0 Å². The van der Waals surface area contributed by atoms with E-state index in [1.165, 1.54) is 111 Å². The van der Waals surface area contributed by atoms with Crippen LogP contribution in [0.2, 0.25) is 0 Å². The van der Waals surface area contributed by atoms with Gasteiger partial charge in [0.1, 0.15) is 0 Å². The largest absolute Gasteiger partial charge is 0.0561 e. The van der Waals surface area contributed by atoms with Crippen molar-refractivity contribution < 1.29 is 0 Å². The normalized spacial score (nSPS) is 13.6. The van der Waals surface area contributed by atoms with Gasteiger partial charge in [-0.2, -0.15) is 0 Å². The van der Waals surface area contributed by atoms with E-state index in [0.717, 1.165) is 11.1 Å². The Morgan fingerprint density at radius 3 is 0.722 bits per heavy atom. The van der Waals surface area contributed by atoms with Gasteiger partial charge in [-0.05, 0) is 206 Å². The highest BCUT2D eigenvalue weighted by molar-refractivity contribution is 6.09. The second-order valence-corrected chi connectivity index (χ2v) is 30.1. The summed E-state index contributed by atoms with van der Waals surface area (Å²) in [6.07, 6.45) is 0. The molecule has 0 fully saturated rings. The SMILES string of the molecule is Cc1cc(-c2[c]c(-c3cc(C)c(C(C)(C)C)cc3C(C)(C)C)c(-c3cc(C)c(C(C)(C)C)cc3C(C)(C)C)c(-c3cc[c]cc3)c2-c2cc(C)c(C(C)(C)C)cc2C(C)(C)C)c(C(C)(C)C)cc1C(C)(C)C. The van der Waals surface area contributed by atoms with Gasteiger partial charge in [0.15, 0.2) is 0 Å². The molecule has 0 aromatic heterocycles. The third kappa shape index (κ3) is 11.2. The third-order valence-corrected chi connectivity index (χ3v) is 15.3. The summed E-state index contributed by atoms with van der Waals surface area (Å²) in [5, 5.41) is 0. The quantitative estimate of drug-likeness (QED) is 0.162. The Morgan fingerprint density at radius 1 is 0.264 bits per heavy atom. The van der Waals surface area contributed by atoms with Crippen LogP contribution in [-0.4, -0.2) is 0 Å². The van der Waals surface area contributed by atoms with E-state index in [1.54, 1.807) is 0 Å². The molecule has 0 aliphatic heterocycles. The fourth-order valence-corrected chi connectivity index (χ4v) is 11.8. The van der Waals surface area contributed by atoms with E-state index in [1.807, 2.05) is 0 Å². The molecular formula is C72H96. The molecule has 0 aliphatic rings. The van der Waals surface area contributed by atoms with Crippen LogP contribution in [0, 0.1) is 39.8 Å². The molecule has 6 aromatic rings. The molecule has 2 radical (unpaired) electrons. The van der Waals surface area contributed by atoms with Crippen molar-refractivity contribution in [1.29, 1.82) is 0 Å². The smallest absolute Gasteiger partial charge is 0.0000714 e. The van der Waals surface area contributed by atoms with Crippen molar-refractivity contribution in [3.8, 4) is 55.6 Å². The summed E-state index contributed by atoms with van der Waals surface area (Å²) in [5.74, 6) is 0. The van der Waals surface area contributed by atoms with E-state index < -0.39 is 0 Å². The predicted molar refractivity (Wildman–Crippen MR) is 320 cm³/mol. The lowest BCUT2D eigenvalue weighted by Crippen LogP contribution is -2.21. The summed E-state index contributed by atoms with van der Waals surface area (Å²) >= 11 is 0. The average Bonchev–Trinajstić information content (AvgIpc) is 3.19. The molecule has 6 aromatic carbocycles. The Morgan fingerprint density at radius 2 is 0.486 bits per heavy atom. The Balaban J connectivity index is 2.17. The van der Waals surface area contributed by atoms with E-state index in [0.29, 0.717) is 0 Å². The first kappa shape index (κ1) is 56.6. The maximum atomic E-state index is 4.60. The van der Waals surface area contributed by atoms with Crippen LogP contribution in [0.3, 0.4) is 0 Å². The summed E-state index contributed by atoms with van der Waals surface area (Å²) in [4.78, 5) is 0. The molecule has 0 spiro atoms. The lowest BCUT2D eigenvalue weighted by atomic mass is 9.68. The van der Waals surface area contributed by atoms with Gasteiger partial charge < -0.3 is 0 Å². The third-order valence-electron chi connectivity index (χ3n) is 15.3. The zero-order chi connectivity index (χ0) is 54.6. The molecule has 0 saturated heterocycles. The molecular weight excluding hydrogens is 865 g/mol. The lowest BCUT2D eigenvalue weighted by molar-refractivity contribution is 0.565. The highest BCUT2D eigenvalue weighted by atomic mass is 14.4. The average molecular weight is 962 g/mol. The minimum absolute atomic E-state index is 0.0381. The summed E-state index contributed by atoms with van der Waals surface area (Å²) in [6, 6.07) is 37.4. The van der Waals surface area contributed by atoms with Crippen molar-refractivity contribution in [1.82, 2.24) is 0 Å². The van der Waals surface area contributed by atoms with Crippen molar-refractivity contribution in [2.24, 2.45) is 0 Å². The fourth-order valence-electron chi connectivity index (χ4n) is 11.8. The topological polar surface area (TPSA) is 0 Å². The van der Waals surface area contributed by atoms with E-state index >= 15 is 0 Å². The number of rotatable bonds is 5.